The second-order valence-corrected chi connectivity index (χ2v) is 8.08. The number of nitrogens with one attached hydrogen (secondary N) is 1. The van der Waals surface area contributed by atoms with Gasteiger partial charge in [0.15, 0.2) is 0 Å². The lowest BCUT2D eigenvalue weighted by Crippen LogP contribution is -2.49. The summed E-state index contributed by atoms with van der Waals surface area (Å²) in [5, 5.41) is 0. The summed E-state index contributed by atoms with van der Waals surface area (Å²) in [6, 6.07) is 5.31. The van der Waals surface area contributed by atoms with Gasteiger partial charge in [-0.2, -0.15) is 0 Å². The second kappa shape index (κ2) is 6.46. The molecule has 1 amide bonds. The molecule has 0 spiro atoms. The highest BCUT2D eigenvalue weighted by Gasteiger charge is 2.26. The highest BCUT2D eigenvalue weighted by Crippen LogP contribution is 2.20. The average Bonchev–Trinajstić information content (AvgIpc) is 2.39. The molecule has 1 atom stereocenters. The maximum Gasteiger partial charge on any atom is 0.253 e. The molecule has 7 heteroatoms. The molecule has 0 aromatic heterocycles. The van der Waals surface area contributed by atoms with E-state index in [2.05, 4.69) is 20.7 Å². The van der Waals surface area contributed by atoms with E-state index in [-0.39, 0.29) is 11.9 Å². The van der Waals surface area contributed by atoms with E-state index in [1.165, 1.54) is 0 Å². The number of carbonyl (C=O) groups excluding carboxylic acids is 1. The van der Waals surface area contributed by atoms with Crippen LogP contribution >= 0.6 is 15.9 Å². The number of halogens is 1. The zero-order chi connectivity index (χ0) is 15.6. The first-order chi connectivity index (χ1) is 9.76. The van der Waals surface area contributed by atoms with Gasteiger partial charge in [-0.1, -0.05) is 22.0 Å². The van der Waals surface area contributed by atoms with Gasteiger partial charge in [-0.15, -0.1) is 0 Å². The Bertz CT molecular complexity index is 646. The summed E-state index contributed by atoms with van der Waals surface area (Å²) in [4.78, 5) is 14.2. The van der Waals surface area contributed by atoms with Crippen LogP contribution in [-0.2, 0) is 10.0 Å². The lowest BCUT2D eigenvalue weighted by Gasteiger charge is -2.32. The van der Waals surface area contributed by atoms with Gasteiger partial charge >= 0.3 is 0 Å². The molecule has 1 aliphatic heterocycles. The van der Waals surface area contributed by atoms with Crippen LogP contribution in [0.1, 0.15) is 28.8 Å². The van der Waals surface area contributed by atoms with Crippen molar-refractivity contribution in [2.75, 3.05) is 19.3 Å². The maximum atomic E-state index is 12.5. The number of aryl methyl sites for hydroxylation is 1. The Kier molecular flexibility index (Phi) is 5.06. The summed E-state index contributed by atoms with van der Waals surface area (Å²) >= 11 is 3.43. The van der Waals surface area contributed by atoms with Crippen molar-refractivity contribution >= 4 is 31.9 Å². The van der Waals surface area contributed by atoms with Gasteiger partial charge in [-0.3, -0.25) is 4.79 Å². The van der Waals surface area contributed by atoms with Crippen molar-refractivity contribution in [3.05, 3.63) is 33.8 Å². The Morgan fingerprint density at radius 1 is 1.43 bits per heavy atom. The van der Waals surface area contributed by atoms with Crippen molar-refractivity contribution in [3.8, 4) is 0 Å². The second-order valence-electron chi connectivity index (χ2n) is 5.44. The SMILES string of the molecule is Cc1ccc(C(=O)N2CCCC(NS(C)(=O)=O)C2)cc1Br. The van der Waals surface area contributed by atoms with E-state index in [0.717, 1.165) is 29.1 Å². The van der Waals surface area contributed by atoms with Gasteiger partial charge in [0, 0.05) is 29.2 Å². The molecule has 1 aromatic rings. The monoisotopic (exact) mass is 374 g/mol. The minimum Gasteiger partial charge on any atom is -0.337 e. The number of rotatable bonds is 3. The zero-order valence-corrected chi connectivity index (χ0v) is 14.5. The number of amides is 1. The van der Waals surface area contributed by atoms with Crippen LogP contribution in [0.3, 0.4) is 0 Å². The highest BCUT2D eigenvalue weighted by molar-refractivity contribution is 9.10. The lowest BCUT2D eigenvalue weighted by atomic mass is 10.0. The fourth-order valence-corrected chi connectivity index (χ4v) is 3.65. The van der Waals surface area contributed by atoms with Crippen molar-refractivity contribution in [2.24, 2.45) is 0 Å². The lowest BCUT2D eigenvalue weighted by molar-refractivity contribution is 0.0703. The number of carbonyl (C=O) groups is 1. The molecule has 1 heterocycles. The smallest absolute Gasteiger partial charge is 0.253 e. The minimum absolute atomic E-state index is 0.0595. The molecule has 21 heavy (non-hydrogen) atoms. The standard InChI is InChI=1S/C14H19BrN2O3S/c1-10-5-6-11(8-13(10)15)14(18)17-7-3-4-12(9-17)16-21(2,19)20/h5-6,8,12,16H,3-4,7,9H2,1-2H3. The average molecular weight is 375 g/mol. The van der Waals surface area contributed by atoms with Crippen LogP contribution < -0.4 is 4.72 Å². The molecule has 1 unspecified atom stereocenters. The van der Waals surface area contributed by atoms with Crippen LogP contribution in [0.4, 0.5) is 0 Å². The van der Waals surface area contributed by atoms with Crippen molar-refractivity contribution < 1.29 is 13.2 Å². The van der Waals surface area contributed by atoms with Gasteiger partial charge in [0.1, 0.15) is 0 Å². The van der Waals surface area contributed by atoms with E-state index in [0.29, 0.717) is 18.7 Å². The summed E-state index contributed by atoms with van der Waals surface area (Å²) in [6.45, 7) is 3.04. The van der Waals surface area contributed by atoms with E-state index in [1.807, 2.05) is 19.1 Å². The molecular formula is C14H19BrN2O3S. The first-order valence-corrected chi connectivity index (χ1v) is 9.47. The van der Waals surface area contributed by atoms with Crippen LogP contribution in [-0.4, -0.2) is 44.6 Å². The highest BCUT2D eigenvalue weighted by atomic mass is 79.9. The minimum atomic E-state index is -3.25. The zero-order valence-electron chi connectivity index (χ0n) is 12.1. The van der Waals surface area contributed by atoms with Gasteiger partial charge in [-0.25, -0.2) is 13.1 Å². The Morgan fingerprint density at radius 3 is 2.76 bits per heavy atom. The van der Waals surface area contributed by atoms with Crippen LogP contribution in [0.25, 0.3) is 0 Å². The molecule has 0 bridgehead atoms. The third-order valence-electron chi connectivity index (χ3n) is 3.51. The summed E-state index contributed by atoms with van der Waals surface area (Å²) in [7, 11) is -3.25. The predicted octanol–water partition coefficient (Wildman–Crippen LogP) is 1.91. The van der Waals surface area contributed by atoms with Gasteiger partial charge in [-0.05, 0) is 37.5 Å². The molecular weight excluding hydrogens is 356 g/mol. The third-order valence-corrected chi connectivity index (χ3v) is 5.12. The molecule has 1 fully saturated rings. The molecule has 1 aromatic carbocycles. The number of hydrogen-bond acceptors (Lipinski definition) is 3. The van der Waals surface area contributed by atoms with E-state index in [1.54, 1.807) is 11.0 Å². The Labute approximate surface area is 133 Å². The van der Waals surface area contributed by atoms with Gasteiger partial charge in [0.25, 0.3) is 5.91 Å². The molecule has 116 valence electrons. The fourth-order valence-electron chi connectivity index (χ4n) is 2.47. The summed E-state index contributed by atoms with van der Waals surface area (Å²) in [5.74, 6) is -0.0595. The summed E-state index contributed by atoms with van der Waals surface area (Å²) in [6.07, 6.45) is 2.70. The quantitative estimate of drug-likeness (QED) is 0.878. The van der Waals surface area contributed by atoms with Crippen LogP contribution in [0, 0.1) is 6.92 Å². The molecule has 1 N–H and O–H groups in total. The van der Waals surface area contributed by atoms with E-state index >= 15 is 0 Å². The number of benzene rings is 1. The summed E-state index contributed by atoms with van der Waals surface area (Å²) < 4.78 is 26.1. The topological polar surface area (TPSA) is 66.5 Å². The first kappa shape index (κ1) is 16.5. The van der Waals surface area contributed by atoms with Crippen molar-refractivity contribution in [1.82, 2.24) is 9.62 Å². The number of likely N-dealkylation sites (tertiary alicyclic amines) is 1. The Balaban J connectivity index is 2.10. The van der Waals surface area contributed by atoms with Crippen LogP contribution in [0.5, 0.6) is 0 Å². The fraction of sp³-hybridized carbons (Fsp3) is 0.500. The molecule has 0 aliphatic carbocycles. The number of sulfonamides is 1. The number of hydrogen-bond donors (Lipinski definition) is 1. The van der Waals surface area contributed by atoms with Crippen molar-refractivity contribution in [3.63, 3.8) is 0 Å². The van der Waals surface area contributed by atoms with E-state index < -0.39 is 10.0 Å². The number of piperidine rings is 1. The van der Waals surface area contributed by atoms with E-state index in [4.69, 9.17) is 0 Å². The first-order valence-electron chi connectivity index (χ1n) is 6.79. The van der Waals surface area contributed by atoms with Crippen LogP contribution in [0.2, 0.25) is 0 Å². The number of nitrogens with zero attached hydrogens (tertiary/aromatic N) is 1. The Hall–Kier alpha value is -0.920. The molecule has 0 saturated carbocycles. The third kappa shape index (κ3) is 4.52. The van der Waals surface area contributed by atoms with Crippen molar-refractivity contribution in [2.45, 2.75) is 25.8 Å². The molecule has 5 nitrogen and oxygen atoms in total. The van der Waals surface area contributed by atoms with Gasteiger partial charge in [0.05, 0.1) is 6.26 Å². The molecule has 1 saturated heterocycles. The Morgan fingerprint density at radius 2 is 2.14 bits per heavy atom. The predicted molar refractivity (Wildman–Crippen MR) is 85.8 cm³/mol. The van der Waals surface area contributed by atoms with Gasteiger partial charge < -0.3 is 4.90 Å². The summed E-state index contributed by atoms with van der Waals surface area (Å²) in [5.41, 5.74) is 1.69. The van der Waals surface area contributed by atoms with Crippen LogP contribution in [0.15, 0.2) is 22.7 Å². The normalized spacial score (nSPS) is 19.6. The van der Waals surface area contributed by atoms with Gasteiger partial charge in [0.2, 0.25) is 10.0 Å². The van der Waals surface area contributed by atoms with Crippen molar-refractivity contribution in [1.29, 1.82) is 0 Å². The molecule has 1 aliphatic rings. The molecule has 0 radical (unpaired) electrons. The van der Waals surface area contributed by atoms with E-state index in [9.17, 15) is 13.2 Å². The maximum absolute atomic E-state index is 12.5. The molecule has 2 rings (SSSR count). The largest absolute Gasteiger partial charge is 0.337 e.